The highest BCUT2D eigenvalue weighted by atomic mass is 35.5. The summed E-state index contributed by atoms with van der Waals surface area (Å²) in [6, 6.07) is 11.2. The molecule has 0 spiro atoms. The van der Waals surface area contributed by atoms with Gasteiger partial charge in [0.2, 0.25) is 0 Å². The van der Waals surface area contributed by atoms with Crippen LogP contribution in [0, 0.1) is 6.92 Å². The van der Waals surface area contributed by atoms with E-state index in [9.17, 15) is 4.79 Å². The van der Waals surface area contributed by atoms with Gasteiger partial charge in [-0.25, -0.2) is 9.78 Å². The molecule has 0 aliphatic heterocycles. The molecule has 2 aromatic heterocycles. The highest BCUT2D eigenvalue weighted by molar-refractivity contribution is 7.19. The number of aryl methyl sites for hydroxylation is 2. The monoisotopic (exact) mass is 442 g/mol. The highest BCUT2D eigenvalue weighted by Crippen LogP contribution is 2.38. The summed E-state index contributed by atoms with van der Waals surface area (Å²) in [4.78, 5) is 16.8. The van der Waals surface area contributed by atoms with Crippen LogP contribution in [0.5, 0.6) is 5.75 Å². The minimum Gasteiger partial charge on any atom is -0.496 e. The number of methoxy groups -OCH3 is 1. The predicted octanol–water partition coefficient (Wildman–Crippen LogP) is 5.42. The molecule has 30 heavy (non-hydrogen) atoms. The third kappa shape index (κ3) is 4.10. The Hall–Kier alpha value is -3.10. The first kappa shape index (κ1) is 20.2. The molecule has 0 fully saturated rings. The van der Waals surface area contributed by atoms with Gasteiger partial charge in [0.25, 0.3) is 0 Å². The molecule has 2 heterocycles. The summed E-state index contributed by atoms with van der Waals surface area (Å²) >= 11 is 7.38. The van der Waals surface area contributed by atoms with Crippen LogP contribution in [0.3, 0.4) is 0 Å². The van der Waals surface area contributed by atoms with Crippen molar-refractivity contribution in [1.29, 1.82) is 0 Å². The smallest absolute Gasteiger partial charge is 0.412 e. The number of carbonyl (C=O) groups is 1. The van der Waals surface area contributed by atoms with Crippen LogP contribution in [0.1, 0.15) is 11.3 Å². The average molecular weight is 443 g/mol. The minimum atomic E-state index is -0.539. The van der Waals surface area contributed by atoms with Gasteiger partial charge in [0.1, 0.15) is 22.4 Å². The van der Waals surface area contributed by atoms with Crippen molar-refractivity contribution >= 4 is 44.9 Å². The molecule has 0 bridgehead atoms. The Morgan fingerprint density at radius 3 is 2.90 bits per heavy atom. The fourth-order valence-electron chi connectivity index (χ4n) is 3.05. The second-order valence-electron chi connectivity index (χ2n) is 6.64. The zero-order valence-corrected chi connectivity index (χ0v) is 18.2. The van der Waals surface area contributed by atoms with Crippen molar-refractivity contribution < 1.29 is 14.3 Å². The van der Waals surface area contributed by atoms with E-state index in [-0.39, 0.29) is 6.61 Å². The lowest BCUT2D eigenvalue weighted by Gasteiger charge is -2.07. The number of nitrogens with one attached hydrogen (secondary N) is 1. The molecule has 7 nitrogen and oxygen atoms in total. The molecule has 0 radical (unpaired) electrons. The van der Waals surface area contributed by atoms with Crippen molar-refractivity contribution in [2.45, 2.75) is 13.5 Å². The van der Waals surface area contributed by atoms with E-state index in [4.69, 9.17) is 21.1 Å². The summed E-state index contributed by atoms with van der Waals surface area (Å²) in [7, 11) is 3.46. The van der Waals surface area contributed by atoms with Crippen molar-refractivity contribution in [2.75, 3.05) is 12.4 Å². The minimum absolute atomic E-state index is 0.159. The summed E-state index contributed by atoms with van der Waals surface area (Å²) < 4.78 is 12.6. The van der Waals surface area contributed by atoms with Gasteiger partial charge in [0.15, 0.2) is 0 Å². The summed E-state index contributed by atoms with van der Waals surface area (Å²) in [5.41, 5.74) is 3.41. The molecular weight excluding hydrogens is 424 g/mol. The van der Waals surface area contributed by atoms with Gasteiger partial charge in [0, 0.05) is 17.5 Å². The van der Waals surface area contributed by atoms with E-state index in [0.29, 0.717) is 21.5 Å². The van der Waals surface area contributed by atoms with E-state index < -0.39 is 6.09 Å². The summed E-state index contributed by atoms with van der Waals surface area (Å²) in [5, 5.41) is 9.91. The molecule has 0 aliphatic rings. The number of nitrogens with zero attached hydrogens (tertiary/aromatic N) is 3. The molecule has 9 heteroatoms. The van der Waals surface area contributed by atoms with Gasteiger partial charge in [-0.2, -0.15) is 5.10 Å². The molecule has 0 aliphatic carbocycles. The third-order valence-corrected chi connectivity index (χ3v) is 5.93. The fourth-order valence-corrected chi connectivity index (χ4v) is 4.19. The Labute approximate surface area is 182 Å². The van der Waals surface area contributed by atoms with E-state index in [1.165, 1.54) is 11.3 Å². The Morgan fingerprint density at radius 1 is 1.27 bits per heavy atom. The quantitative estimate of drug-likeness (QED) is 0.446. The number of benzene rings is 2. The van der Waals surface area contributed by atoms with Gasteiger partial charge < -0.3 is 9.47 Å². The van der Waals surface area contributed by atoms with Gasteiger partial charge in [-0.05, 0) is 42.8 Å². The van der Waals surface area contributed by atoms with Crippen molar-refractivity contribution in [2.24, 2.45) is 7.05 Å². The van der Waals surface area contributed by atoms with Crippen LogP contribution >= 0.6 is 22.9 Å². The number of carbonyl (C=O) groups excluding carboxylic acids is 1. The zero-order chi connectivity index (χ0) is 21.3. The second kappa shape index (κ2) is 8.33. The number of rotatable bonds is 5. The fraction of sp³-hybridized carbons (Fsp3) is 0.190. The van der Waals surface area contributed by atoms with Crippen LogP contribution in [0.25, 0.3) is 21.5 Å². The third-order valence-electron chi connectivity index (χ3n) is 4.59. The SMILES string of the molecule is COc1cc(Cl)ccc1-c1nc(C)c(NC(=O)OCc2ccc3c(cnn3C)c2)s1. The van der Waals surface area contributed by atoms with Gasteiger partial charge in [-0.1, -0.05) is 29.0 Å². The van der Waals surface area contributed by atoms with E-state index >= 15 is 0 Å². The van der Waals surface area contributed by atoms with Crippen LogP contribution in [0.15, 0.2) is 42.6 Å². The van der Waals surface area contributed by atoms with E-state index in [1.54, 1.807) is 30.1 Å². The molecule has 4 rings (SSSR count). The van der Waals surface area contributed by atoms with E-state index in [1.807, 2.05) is 38.2 Å². The van der Waals surface area contributed by atoms with Crippen LogP contribution in [0.4, 0.5) is 9.80 Å². The summed E-state index contributed by atoms with van der Waals surface area (Å²) in [5.74, 6) is 0.621. The van der Waals surface area contributed by atoms with Gasteiger partial charge in [0.05, 0.1) is 30.1 Å². The molecule has 0 atom stereocenters. The van der Waals surface area contributed by atoms with Gasteiger partial charge >= 0.3 is 6.09 Å². The Morgan fingerprint density at radius 2 is 2.10 bits per heavy atom. The van der Waals surface area contributed by atoms with Crippen LogP contribution in [0.2, 0.25) is 5.02 Å². The maximum absolute atomic E-state index is 12.3. The average Bonchev–Trinajstić information content (AvgIpc) is 3.28. The van der Waals surface area contributed by atoms with Gasteiger partial charge in [-0.15, -0.1) is 0 Å². The Balaban J connectivity index is 1.44. The van der Waals surface area contributed by atoms with Crippen molar-refractivity contribution in [3.63, 3.8) is 0 Å². The van der Waals surface area contributed by atoms with E-state index in [0.717, 1.165) is 27.0 Å². The molecule has 1 N–H and O–H groups in total. The molecule has 1 amide bonds. The first-order valence-corrected chi connectivity index (χ1v) is 10.3. The molecular formula is C21H19ClN4O3S. The normalized spacial score (nSPS) is 10.9. The number of hydrogen-bond acceptors (Lipinski definition) is 6. The van der Waals surface area contributed by atoms with Crippen molar-refractivity contribution in [1.82, 2.24) is 14.8 Å². The topological polar surface area (TPSA) is 78.3 Å². The van der Waals surface area contributed by atoms with Crippen LogP contribution in [-0.2, 0) is 18.4 Å². The molecule has 0 saturated carbocycles. The Bertz CT molecular complexity index is 1230. The lowest BCUT2D eigenvalue weighted by molar-refractivity contribution is 0.155. The standard InChI is InChI=1S/C21H19ClN4O3S/c1-12-19(30-20(24-12)16-6-5-15(22)9-18(16)28-3)25-21(27)29-11-13-4-7-17-14(8-13)10-23-26(17)2/h4-10H,11H2,1-3H3,(H,25,27). The van der Waals surface area contributed by atoms with Crippen LogP contribution < -0.4 is 10.1 Å². The highest BCUT2D eigenvalue weighted by Gasteiger charge is 2.16. The first-order valence-electron chi connectivity index (χ1n) is 9.10. The summed E-state index contributed by atoms with van der Waals surface area (Å²) in [6.45, 7) is 1.99. The first-order chi connectivity index (χ1) is 14.4. The van der Waals surface area contributed by atoms with E-state index in [2.05, 4.69) is 15.4 Å². The molecule has 0 saturated heterocycles. The molecule has 2 aromatic carbocycles. The zero-order valence-electron chi connectivity index (χ0n) is 16.6. The number of fused-ring (bicyclic) bond motifs is 1. The molecule has 0 unspecified atom stereocenters. The number of amides is 1. The number of thiazole rings is 1. The van der Waals surface area contributed by atoms with Crippen molar-refractivity contribution in [3.05, 3.63) is 58.9 Å². The number of hydrogen-bond donors (Lipinski definition) is 1. The van der Waals surface area contributed by atoms with Gasteiger partial charge in [-0.3, -0.25) is 10.00 Å². The van der Waals surface area contributed by atoms with Crippen molar-refractivity contribution in [3.8, 4) is 16.3 Å². The predicted molar refractivity (Wildman–Crippen MR) is 118 cm³/mol. The second-order valence-corrected chi connectivity index (χ2v) is 8.08. The number of halogens is 1. The van der Waals surface area contributed by atoms with Crippen LogP contribution in [-0.4, -0.2) is 28.0 Å². The molecule has 4 aromatic rings. The number of ether oxygens (including phenoxy) is 2. The number of aromatic nitrogens is 3. The Kier molecular flexibility index (Phi) is 5.61. The summed E-state index contributed by atoms with van der Waals surface area (Å²) in [6.07, 6.45) is 1.24. The maximum atomic E-state index is 12.3. The number of anilines is 1. The molecule has 154 valence electrons. The largest absolute Gasteiger partial charge is 0.496 e. The lowest BCUT2D eigenvalue weighted by Crippen LogP contribution is -2.13. The maximum Gasteiger partial charge on any atom is 0.412 e. The lowest BCUT2D eigenvalue weighted by atomic mass is 10.2.